The van der Waals surface area contributed by atoms with Crippen molar-refractivity contribution in [3.05, 3.63) is 11.7 Å². The molecule has 6 nitrogen and oxygen atoms in total. The maximum atomic E-state index is 9.40. The Balaban J connectivity index is 2.38. The lowest BCUT2D eigenvalue weighted by atomic mass is 10.3. The van der Waals surface area contributed by atoms with Crippen LogP contribution >= 0.6 is 0 Å². The molecule has 0 aromatic carbocycles. The summed E-state index contributed by atoms with van der Waals surface area (Å²) < 4.78 is 14.8. The van der Waals surface area contributed by atoms with Gasteiger partial charge in [-0.1, -0.05) is 5.16 Å². The van der Waals surface area contributed by atoms with Gasteiger partial charge in [-0.05, 0) is 6.92 Å². The van der Waals surface area contributed by atoms with E-state index < -0.39 is 6.10 Å². The number of aliphatic hydroxyl groups is 1. The molecule has 0 radical (unpaired) electrons. The van der Waals surface area contributed by atoms with E-state index in [0.29, 0.717) is 31.3 Å². The summed E-state index contributed by atoms with van der Waals surface area (Å²) in [5, 5.41) is 13.1. The van der Waals surface area contributed by atoms with Crippen LogP contribution in [0.4, 0.5) is 0 Å². The Morgan fingerprint density at radius 2 is 2.33 bits per heavy atom. The van der Waals surface area contributed by atoms with Crippen molar-refractivity contribution in [2.24, 2.45) is 0 Å². The van der Waals surface area contributed by atoms with Crippen molar-refractivity contribution in [2.75, 3.05) is 20.3 Å². The number of aliphatic hydroxyl groups excluding tert-OH is 1. The van der Waals surface area contributed by atoms with E-state index in [2.05, 4.69) is 10.1 Å². The van der Waals surface area contributed by atoms with Gasteiger partial charge in [0, 0.05) is 13.7 Å². The molecule has 0 aliphatic rings. The van der Waals surface area contributed by atoms with Crippen LogP contribution in [-0.2, 0) is 22.5 Å². The van der Waals surface area contributed by atoms with E-state index in [1.54, 1.807) is 0 Å². The van der Waals surface area contributed by atoms with Crippen LogP contribution in [0.25, 0.3) is 0 Å². The maximum Gasteiger partial charge on any atom is 0.229 e. The van der Waals surface area contributed by atoms with Gasteiger partial charge in [0.25, 0.3) is 0 Å². The highest BCUT2D eigenvalue weighted by Gasteiger charge is 2.11. The van der Waals surface area contributed by atoms with Crippen LogP contribution in [-0.4, -0.2) is 41.7 Å². The molecule has 6 heteroatoms. The molecule has 1 atom stereocenters. The van der Waals surface area contributed by atoms with Gasteiger partial charge in [-0.15, -0.1) is 0 Å². The van der Waals surface area contributed by atoms with E-state index >= 15 is 0 Å². The summed E-state index contributed by atoms with van der Waals surface area (Å²) in [5.74, 6) is 0.894. The van der Waals surface area contributed by atoms with E-state index in [4.69, 9.17) is 14.0 Å². The first-order chi connectivity index (χ1) is 7.26. The molecule has 0 amide bonds. The fourth-order valence-corrected chi connectivity index (χ4v) is 1.08. The summed E-state index contributed by atoms with van der Waals surface area (Å²) in [7, 11) is 1.53. The van der Waals surface area contributed by atoms with Gasteiger partial charge in [0.15, 0.2) is 5.82 Å². The molecule has 86 valence electrons. The summed E-state index contributed by atoms with van der Waals surface area (Å²) in [5.41, 5.74) is 0. The first-order valence-electron chi connectivity index (χ1n) is 4.82. The number of ether oxygens (including phenoxy) is 2. The van der Waals surface area contributed by atoms with Crippen molar-refractivity contribution < 1.29 is 19.1 Å². The van der Waals surface area contributed by atoms with Gasteiger partial charge in [-0.25, -0.2) is 0 Å². The highest BCUT2D eigenvalue weighted by molar-refractivity contribution is 4.86. The number of rotatable bonds is 7. The van der Waals surface area contributed by atoms with Crippen LogP contribution in [0.5, 0.6) is 0 Å². The number of hydrogen-bond acceptors (Lipinski definition) is 6. The average molecular weight is 216 g/mol. The minimum atomic E-state index is -0.615. The van der Waals surface area contributed by atoms with Gasteiger partial charge in [0.1, 0.15) is 6.61 Å². The SMILES string of the molecule is CCOCc1noc(CC(O)COC)n1. The normalized spacial score (nSPS) is 13.0. The predicted octanol–water partition coefficient (Wildman–Crippen LogP) is 0.156. The van der Waals surface area contributed by atoms with Gasteiger partial charge >= 0.3 is 0 Å². The molecule has 1 heterocycles. The first kappa shape index (κ1) is 12.1. The van der Waals surface area contributed by atoms with Gasteiger partial charge < -0.3 is 19.1 Å². The summed E-state index contributed by atoms with van der Waals surface area (Å²) >= 11 is 0. The Bertz CT molecular complexity index is 277. The summed E-state index contributed by atoms with van der Waals surface area (Å²) in [4.78, 5) is 4.05. The third-order valence-electron chi connectivity index (χ3n) is 1.71. The number of aromatic nitrogens is 2. The van der Waals surface area contributed by atoms with Crippen molar-refractivity contribution in [2.45, 2.75) is 26.1 Å². The third kappa shape index (κ3) is 4.37. The molecule has 1 aromatic rings. The van der Waals surface area contributed by atoms with E-state index in [0.717, 1.165) is 0 Å². The van der Waals surface area contributed by atoms with E-state index in [9.17, 15) is 5.11 Å². The monoisotopic (exact) mass is 216 g/mol. The molecule has 1 N–H and O–H groups in total. The van der Waals surface area contributed by atoms with Crippen LogP contribution in [0.2, 0.25) is 0 Å². The van der Waals surface area contributed by atoms with Crippen molar-refractivity contribution in [3.8, 4) is 0 Å². The van der Waals surface area contributed by atoms with Crippen LogP contribution < -0.4 is 0 Å². The smallest absolute Gasteiger partial charge is 0.229 e. The van der Waals surface area contributed by atoms with Crippen molar-refractivity contribution >= 4 is 0 Å². The van der Waals surface area contributed by atoms with Crippen molar-refractivity contribution in [1.29, 1.82) is 0 Å². The minimum Gasteiger partial charge on any atom is -0.390 e. The van der Waals surface area contributed by atoms with Crippen LogP contribution in [0.15, 0.2) is 4.52 Å². The minimum absolute atomic E-state index is 0.253. The largest absolute Gasteiger partial charge is 0.390 e. The van der Waals surface area contributed by atoms with Gasteiger partial charge in [0.05, 0.1) is 19.1 Å². The molecule has 0 aliphatic carbocycles. The summed E-state index contributed by atoms with van der Waals surface area (Å²) in [6, 6.07) is 0. The lowest BCUT2D eigenvalue weighted by molar-refractivity contribution is 0.0599. The molecule has 1 unspecified atom stereocenters. The summed E-state index contributed by atoms with van der Waals surface area (Å²) in [6.07, 6.45) is -0.317. The Kier molecular flexibility index (Phi) is 5.23. The van der Waals surface area contributed by atoms with Gasteiger partial charge in [0.2, 0.25) is 5.89 Å². The van der Waals surface area contributed by atoms with Gasteiger partial charge in [-0.2, -0.15) is 4.98 Å². The fraction of sp³-hybridized carbons (Fsp3) is 0.778. The standard InChI is InChI=1S/C9H16N2O4/c1-3-14-6-8-10-9(15-11-8)4-7(12)5-13-2/h7,12H,3-6H2,1-2H3. The molecule has 1 aromatic heterocycles. The second kappa shape index (κ2) is 6.49. The molecule has 0 saturated heterocycles. The molecule has 0 saturated carbocycles. The molecular formula is C9H16N2O4. The third-order valence-corrected chi connectivity index (χ3v) is 1.71. The fourth-order valence-electron chi connectivity index (χ4n) is 1.08. The quantitative estimate of drug-likeness (QED) is 0.699. The maximum absolute atomic E-state index is 9.40. The Labute approximate surface area is 88.2 Å². The van der Waals surface area contributed by atoms with E-state index in [1.165, 1.54) is 7.11 Å². The van der Waals surface area contributed by atoms with E-state index in [1.807, 2.05) is 6.92 Å². The van der Waals surface area contributed by atoms with E-state index in [-0.39, 0.29) is 6.61 Å². The molecular weight excluding hydrogens is 200 g/mol. The van der Waals surface area contributed by atoms with Crippen LogP contribution in [0.3, 0.4) is 0 Å². The molecule has 0 bridgehead atoms. The highest BCUT2D eigenvalue weighted by Crippen LogP contribution is 2.02. The Hall–Kier alpha value is -0.980. The van der Waals surface area contributed by atoms with Crippen LogP contribution in [0, 0.1) is 0 Å². The Morgan fingerprint density at radius 3 is 3.00 bits per heavy atom. The van der Waals surface area contributed by atoms with Crippen molar-refractivity contribution in [3.63, 3.8) is 0 Å². The average Bonchev–Trinajstić information content (AvgIpc) is 2.63. The first-order valence-corrected chi connectivity index (χ1v) is 4.82. The number of nitrogens with zero attached hydrogens (tertiary/aromatic N) is 2. The molecule has 0 spiro atoms. The predicted molar refractivity (Wildman–Crippen MR) is 51.2 cm³/mol. The Morgan fingerprint density at radius 1 is 1.53 bits per heavy atom. The zero-order chi connectivity index (χ0) is 11.1. The molecule has 1 rings (SSSR count). The number of hydrogen-bond donors (Lipinski definition) is 1. The van der Waals surface area contributed by atoms with Gasteiger partial charge in [-0.3, -0.25) is 0 Å². The zero-order valence-corrected chi connectivity index (χ0v) is 8.97. The highest BCUT2D eigenvalue weighted by atomic mass is 16.5. The number of methoxy groups -OCH3 is 1. The summed E-state index contributed by atoms with van der Waals surface area (Å²) in [6.45, 7) is 3.09. The lowest BCUT2D eigenvalue weighted by Gasteiger charge is -2.04. The van der Waals surface area contributed by atoms with Crippen molar-refractivity contribution in [1.82, 2.24) is 10.1 Å². The molecule has 0 fully saturated rings. The zero-order valence-electron chi connectivity index (χ0n) is 8.97. The molecule has 15 heavy (non-hydrogen) atoms. The topological polar surface area (TPSA) is 77.6 Å². The lowest BCUT2D eigenvalue weighted by Crippen LogP contribution is -2.17. The van der Waals surface area contributed by atoms with Crippen LogP contribution in [0.1, 0.15) is 18.6 Å². The second-order valence-electron chi connectivity index (χ2n) is 3.05. The molecule has 0 aliphatic heterocycles. The second-order valence-corrected chi connectivity index (χ2v) is 3.05.